The van der Waals surface area contributed by atoms with Crippen molar-refractivity contribution in [1.82, 2.24) is 9.88 Å². The number of aromatic hydroxyl groups is 1. The molecule has 1 aromatic carbocycles. The molecule has 2 rings (SSSR count). The molecule has 0 unspecified atom stereocenters. The number of aromatic nitrogens is 1. The first-order chi connectivity index (χ1) is 11.0. The minimum atomic E-state index is -0.251. The van der Waals surface area contributed by atoms with Crippen molar-refractivity contribution >= 4 is 5.91 Å². The van der Waals surface area contributed by atoms with Crippen LogP contribution in [-0.2, 0) is 6.42 Å². The van der Waals surface area contributed by atoms with E-state index in [1.807, 2.05) is 18.2 Å². The van der Waals surface area contributed by atoms with E-state index < -0.39 is 0 Å². The first kappa shape index (κ1) is 16.8. The third-order valence-corrected chi connectivity index (χ3v) is 3.60. The number of amides is 1. The largest absolute Gasteiger partial charge is 0.505 e. The number of aryl methyl sites for hydroxylation is 2. The van der Waals surface area contributed by atoms with Crippen molar-refractivity contribution in [3.8, 4) is 11.5 Å². The van der Waals surface area contributed by atoms with Crippen LogP contribution in [0.4, 0.5) is 0 Å². The normalized spacial score (nSPS) is 10.4. The van der Waals surface area contributed by atoms with Gasteiger partial charge >= 0.3 is 0 Å². The summed E-state index contributed by atoms with van der Waals surface area (Å²) in [6.45, 7) is 4.69. The summed E-state index contributed by atoms with van der Waals surface area (Å²) in [5, 5.41) is 9.77. The molecule has 0 saturated heterocycles. The number of hydrogen-bond acceptors (Lipinski definition) is 4. The first-order valence-corrected chi connectivity index (χ1v) is 7.64. The molecule has 5 heteroatoms. The molecule has 0 fully saturated rings. The zero-order valence-electron chi connectivity index (χ0n) is 13.7. The Balaban J connectivity index is 1.92. The van der Waals surface area contributed by atoms with Gasteiger partial charge in [-0.1, -0.05) is 19.1 Å². The van der Waals surface area contributed by atoms with Gasteiger partial charge in [0.15, 0.2) is 0 Å². The second-order valence-electron chi connectivity index (χ2n) is 5.42. The molecule has 1 heterocycles. The lowest BCUT2D eigenvalue weighted by Crippen LogP contribution is -2.31. The predicted octanol–water partition coefficient (Wildman–Crippen LogP) is 2.81. The maximum absolute atomic E-state index is 12.3. The summed E-state index contributed by atoms with van der Waals surface area (Å²) in [6, 6.07) is 9.50. The summed E-state index contributed by atoms with van der Waals surface area (Å²) in [6.07, 6.45) is 2.25. The van der Waals surface area contributed by atoms with Gasteiger partial charge in [0.1, 0.15) is 18.1 Å². The van der Waals surface area contributed by atoms with E-state index in [4.69, 9.17) is 4.74 Å². The van der Waals surface area contributed by atoms with E-state index in [1.165, 1.54) is 16.7 Å². The van der Waals surface area contributed by atoms with E-state index >= 15 is 0 Å². The lowest BCUT2D eigenvalue weighted by molar-refractivity contribution is 0.0770. The molecule has 23 heavy (non-hydrogen) atoms. The van der Waals surface area contributed by atoms with Gasteiger partial charge in [-0.2, -0.15) is 0 Å². The highest BCUT2D eigenvalue weighted by molar-refractivity contribution is 5.96. The fourth-order valence-corrected chi connectivity index (χ4v) is 2.19. The zero-order chi connectivity index (χ0) is 16.8. The van der Waals surface area contributed by atoms with Gasteiger partial charge in [-0.05, 0) is 37.1 Å². The number of hydrogen-bond donors (Lipinski definition) is 1. The highest BCUT2D eigenvalue weighted by Gasteiger charge is 2.16. The van der Waals surface area contributed by atoms with Crippen molar-refractivity contribution in [1.29, 1.82) is 0 Å². The van der Waals surface area contributed by atoms with Gasteiger partial charge in [-0.15, -0.1) is 0 Å². The van der Waals surface area contributed by atoms with Crippen molar-refractivity contribution in [2.45, 2.75) is 20.3 Å². The Morgan fingerprint density at radius 1 is 1.35 bits per heavy atom. The minimum Gasteiger partial charge on any atom is -0.505 e. The fraction of sp³-hybridized carbons (Fsp3) is 0.333. The topological polar surface area (TPSA) is 62.7 Å². The van der Waals surface area contributed by atoms with Gasteiger partial charge < -0.3 is 14.7 Å². The second-order valence-corrected chi connectivity index (χ2v) is 5.42. The Morgan fingerprint density at radius 3 is 2.87 bits per heavy atom. The zero-order valence-corrected chi connectivity index (χ0v) is 13.7. The molecule has 122 valence electrons. The highest BCUT2D eigenvalue weighted by Crippen LogP contribution is 2.18. The second kappa shape index (κ2) is 7.63. The van der Waals surface area contributed by atoms with Gasteiger partial charge in [-0.25, -0.2) is 0 Å². The maximum Gasteiger partial charge on any atom is 0.257 e. The van der Waals surface area contributed by atoms with E-state index in [9.17, 15) is 9.90 Å². The number of benzene rings is 1. The third kappa shape index (κ3) is 4.45. The minimum absolute atomic E-state index is 0.107. The fourth-order valence-electron chi connectivity index (χ4n) is 2.19. The number of rotatable bonds is 6. The number of ether oxygens (including phenoxy) is 1. The SMILES string of the molecule is CCc1cccc(OCCN(C)C(=O)c2cc(C)ncc2O)c1. The summed E-state index contributed by atoms with van der Waals surface area (Å²) >= 11 is 0. The van der Waals surface area contributed by atoms with Crippen molar-refractivity contribution in [2.24, 2.45) is 0 Å². The van der Waals surface area contributed by atoms with Crippen LogP contribution in [0.3, 0.4) is 0 Å². The van der Waals surface area contributed by atoms with E-state index in [1.54, 1.807) is 20.0 Å². The number of carbonyl (C=O) groups is 1. The van der Waals surface area contributed by atoms with Crippen LogP contribution in [-0.4, -0.2) is 41.1 Å². The molecule has 5 nitrogen and oxygen atoms in total. The molecule has 0 aliphatic carbocycles. The molecule has 0 bridgehead atoms. The molecule has 1 aromatic heterocycles. The van der Waals surface area contributed by atoms with Crippen molar-refractivity contribution in [2.75, 3.05) is 20.2 Å². The van der Waals surface area contributed by atoms with Gasteiger partial charge in [0, 0.05) is 12.7 Å². The first-order valence-electron chi connectivity index (χ1n) is 7.64. The van der Waals surface area contributed by atoms with Crippen LogP contribution in [0.2, 0.25) is 0 Å². The van der Waals surface area contributed by atoms with E-state index in [-0.39, 0.29) is 17.2 Å². The molecule has 0 spiro atoms. The van der Waals surface area contributed by atoms with E-state index in [2.05, 4.69) is 18.0 Å². The van der Waals surface area contributed by atoms with Gasteiger partial charge in [0.25, 0.3) is 5.91 Å². The molecular weight excluding hydrogens is 292 g/mol. The maximum atomic E-state index is 12.3. The molecule has 1 N–H and O–H groups in total. The van der Waals surface area contributed by atoms with Crippen LogP contribution in [0.1, 0.15) is 28.5 Å². The van der Waals surface area contributed by atoms with Crippen LogP contribution in [0.25, 0.3) is 0 Å². The smallest absolute Gasteiger partial charge is 0.257 e. The Labute approximate surface area is 136 Å². The standard InChI is InChI=1S/C18H22N2O3/c1-4-14-6-5-7-15(11-14)23-9-8-20(3)18(22)16-10-13(2)19-12-17(16)21/h5-7,10-12,21H,4,8-9H2,1-3H3. The Bertz CT molecular complexity index is 686. The molecule has 0 saturated carbocycles. The van der Waals surface area contributed by atoms with Crippen LogP contribution in [0.5, 0.6) is 11.5 Å². The average molecular weight is 314 g/mol. The summed E-state index contributed by atoms with van der Waals surface area (Å²) in [5.74, 6) is 0.440. The predicted molar refractivity (Wildman–Crippen MR) is 88.9 cm³/mol. The van der Waals surface area contributed by atoms with Crippen molar-refractivity contribution in [3.63, 3.8) is 0 Å². The number of pyridine rings is 1. The van der Waals surface area contributed by atoms with Crippen LogP contribution in [0.15, 0.2) is 36.5 Å². The quantitative estimate of drug-likeness (QED) is 0.890. The summed E-state index contributed by atoms with van der Waals surface area (Å²) in [5.41, 5.74) is 2.16. The summed E-state index contributed by atoms with van der Waals surface area (Å²) < 4.78 is 5.69. The van der Waals surface area contributed by atoms with Gasteiger partial charge in [0.2, 0.25) is 0 Å². The lowest BCUT2D eigenvalue weighted by Gasteiger charge is -2.18. The molecule has 0 aliphatic heterocycles. The molecule has 0 atom stereocenters. The van der Waals surface area contributed by atoms with Gasteiger partial charge in [0.05, 0.1) is 18.3 Å². The highest BCUT2D eigenvalue weighted by atomic mass is 16.5. The molecule has 0 radical (unpaired) electrons. The Morgan fingerprint density at radius 2 is 2.13 bits per heavy atom. The summed E-state index contributed by atoms with van der Waals surface area (Å²) in [7, 11) is 1.68. The van der Waals surface area contributed by atoms with Gasteiger partial charge in [-0.3, -0.25) is 9.78 Å². The number of carbonyl (C=O) groups excluding carboxylic acids is 1. The number of nitrogens with zero attached hydrogens (tertiary/aromatic N) is 2. The lowest BCUT2D eigenvalue weighted by atomic mass is 10.2. The van der Waals surface area contributed by atoms with Crippen LogP contribution < -0.4 is 4.74 Å². The van der Waals surface area contributed by atoms with E-state index in [0.717, 1.165) is 12.2 Å². The monoisotopic (exact) mass is 314 g/mol. The number of likely N-dealkylation sites (N-methyl/N-ethyl adjacent to an activating group) is 1. The average Bonchev–Trinajstić information content (AvgIpc) is 2.56. The molecular formula is C18H22N2O3. The van der Waals surface area contributed by atoms with Crippen molar-refractivity contribution in [3.05, 3.63) is 53.3 Å². The molecule has 0 aliphatic rings. The van der Waals surface area contributed by atoms with Crippen LogP contribution >= 0.6 is 0 Å². The molecule has 1 amide bonds. The van der Waals surface area contributed by atoms with Crippen LogP contribution in [0, 0.1) is 6.92 Å². The third-order valence-electron chi connectivity index (χ3n) is 3.60. The molecule has 2 aromatic rings. The van der Waals surface area contributed by atoms with E-state index in [0.29, 0.717) is 18.8 Å². The Kier molecular flexibility index (Phi) is 5.57. The van der Waals surface area contributed by atoms with Crippen molar-refractivity contribution < 1.29 is 14.6 Å². The Hall–Kier alpha value is -2.56. The summed E-state index contributed by atoms with van der Waals surface area (Å²) in [4.78, 5) is 17.8.